The van der Waals surface area contributed by atoms with Crippen molar-refractivity contribution in [1.82, 2.24) is 4.98 Å². The van der Waals surface area contributed by atoms with Gasteiger partial charge < -0.3 is 4.98 Å². The molecule has 94 valence electrons. The molecule has 0 bridgehead atoms. The second-order valence-electron chi connectivity index (χ2n) is 4.64. The van der Waals surface area contributed by atoms with Crippen LogP contribution in [0.25, 0.3) is 22.0 Å². The largest absolute Gasteiger partial charge is 0.322 e. The van der Waals surface area contributed by atoms with Gasteiger partial charge in [0.15, 0.2) is 0 Å². The van der Waals surface area contributed by atoms with Crippen LogP contribution < -0.4 is 5.56 Å². The summed E-state index contributed by atoms with van der Waals surface area (Å²) < 4.78 is 0. The van der Waals surface area contributed by atoms with Gasteiger partial charge in [0.2, 0.25) is 5.56 Å². The summed E-state index contributed by atoms with van der Waals surface area (Å²) in [5.41, 5.74) is 4.61. The number of hydrogen-bond acceptors (Lipinski definition) is 1. The van der Waals surface area contributed by atoms with Gasteiger partial charge in [-0.15, -0.1) is 0 Å². The highest BCUT2D eigenvalue weighted by molar-refractivity contribution is 5.84. The van der Waals surface area contributed by atoms with Crippen molar-refractivity contribution in [3.63, 3.8) is 0 Å². The Morgan fingerprint density at radius 3 is 2.68 bits per heavy atom. The van der Waals surface area contributed by atoms with Gasteiger partial charge in [-0.2, -0.15) is 0 Å². The lowest BCUT2D eigenvalue weighted by Crippen LogP contribution is -2.02. The Bertz CT molecular complexity index is 786. The predicted molar refractivity (Wildman–Crippen MR) is 79.4 cm³/mol. The van der Waals surface area contributed by atoms with Gasteiger partial charge in [0.1, 0.15) is 0 Å². The molecule has 0 saturated carbocycles. The second-order valence-corrected chi connectivity index (χ2v) is 4.64. The molecule has 3 aromatic rings. The molecule has 1 aromatic heterocycles. The number of nitrogens with one attached hydrogen (secondary N) is 1. The molecule has 2 nitrogen and oxygen atoms in total. The van der Waals surface area contributed by atoms with E-state index in [0.29, 0.717) is 0 Å². The molecule has 0 atom stereocenters. The Morgan fingerprint density at radius 2 is 1.84 bits per heavy atom. The maximum Gasteiger partial charge on any atom is 0.248 e. The van der Waals surface area contributed by atoms with Crippen LogP contribution >= 0.6 is 0 Å². The van der Waals surface area contributed by atoms with E-state index in [0.717, 1.165) is 17.3 Å². The van der Waals surface area contributed by atoms with Gasteiger partial charge in [-0.1, -0.05) is 37.3 Å². The molecule has 2 aromatic carbocycles. The summed E-state index contributed by atoms with van der Waals surface area (Å²) >= 11 is 0. The molecule has 1 heterocycles. The molecule has 0 aliphatic carbocycles. The molecule has 0 spiro atoms. The molecule has 0 amide bonds. The lowest BCUT2D eigenvalue weighted by Gasteiger charge is -2.08. The lowest BCUT2D eigenvalue weighted by molar-refractivity contribution is 1.14. The molecule has 19 heavy (non-hydrogen) atoms. The fourth-order valence-electron chi connectivity index (χ4n) is 2.43. The van der Waals surface area contributed by atoms with Crippen LogP contribution in [0, 0.1) is 0 Å². The third-order valence-electron chi connectivity index (χ3n) is 3.43. The number of aromatic amines is 1. The lowest BCUT2D eigenvalue weighted by atomic mass is 9.97. The molecular formula is C17H15NO. The topological polar surface area (TPSA) is 32.9 Å². The van der Waals surface area contributed by atoms with E-state index < -0.39 is 0 Å². The van der Waals surface area contributed by atoms with Gasteiger partial charge in [-0.3, -0.25) is 4.79 Å². The molecule has 0 saturated heterocycles. The number of H-pyrrole nitrogens is 1. The van der Waals surface area contributed by atoms with Gasteiger partial charge >= 0.3 is 0 Å². The van der Waals surface area contributed by atoms with Crippen molar-refractivity contribution >= 4 is 10.9 Å². The first-order valence-electron chi connectivity index (χ1n) is 6.49. The average Bonchev–Trinajstić information content (AvgIpc) is 2.46. The van der Waals surface area contributed by atoms with Crippen LogP contribution in [0.3, 0.4) is 0 Å². The highest BCUT2D eigenvalue weighted by atomic mass is 16.1. The number of rotatable bonds is 2. The predicted octanol–water partition coefficient (Wildman–Crippen LogP) is 3.76. The summed E-state index contributed by atoms with van der Waals surface area (Å²) in [6.45, 7) is 2.16. The molecule has 1 N–H and O–H groups in total. The Kier molecular flexibility index (Phi) is 2.92. The van der Waals surface area contributed by atoms with Crippen LogP contribution in [-0.2, 0) is 6.42 Å². The third kappa shape index (κ3) is 2.17. The van der Waals surface area contributed by atoms with Gasteiger partial charge in [0.05, 0.1) is 0 Å². The van der Waals surface area contributed by atoms with E-state index in [4.69, 9.17) is 0 Å². The third-order valence-corrected chi connectivity index (χ3v) is 3.43. The smallest absolute Gasteiger partial charge is 0.248 e. The second kappa shape index (κ2) is 4.73. The van der Waals surface area contributed by atoms with Crippen LogP contribution in [0.15, 0.2) is 59.4 Å². The van der Waals surface area contributed by atoms with Crippen molar-refractivity contribution in [2.24, 2.45) is 0 Å². The van der Waals surface area contributed by atoms with Gasteiger partial charge in [0, 0.05) is 11.6 Å². The minimum atomic E-state index is -0.0609. The highest BCUT2D eigenvalue weighted by Crippen LogP contribution is 2.26. The average molecular weight is 249 g/mol. The number of benzene rings is 2. The summed E-state index contributed by atoms with van der Waals surface area (Å²) in [5.74, 6) is 0. The number of aromatic nitrogens is 1. The number of pyridine rings is 1. The first kappa shape index (κ1) is 11.7. The molecule has 0 aliphatic heterocycles. The van der Waals surface area contributed by atoms with Crippen molar-refractivity contribution in [3.05, 3.63) is 70.5 Å². The minimum Gasteiger partial charge on any atom is -0.322 e. The zero-order chi connectivity index (χ0) is 13.2. The van der Waals surface area contributed by atoms with Crippen molar-refractivity contribution in [2.75, 3.05) is 0 Å². The zero-order valence-electron chi connectivity index (χ0n) is 10.8. The van der Waals surface area contributed by atoms with E-state index >= 15 is 0 Å². The van der Waals surface area contributed by atoms with Crippen LogP contribution in [0.4, 0.5) is 0 Å². The van der Waals surface area contributed by atoms with Crippen molar-refractivity contribution in [1.29, 1.82) is 0 Å². The van der Waals surface area contributed by atoms with E-state index in [1.807, 2.05) is 12.1 Å². The van der Waals surface area contributed by atoms with Gasteiger partial charge in [0.25, 0.3) is 0 Å². The van der Waals surface area contributed by atoms with E-state index in [1.165, 1.54) is 16.7 Å². The standard InChI is InChI=1S/C17H15NO/c1-2-12-5-3-4-6-15(12)13-7-9-16-14(11-13)8-10-17(19)18-16/h3-11H,2H2,1H3,(H,18,19). The van der Waals surface area contributed by atoms with E-state index in [-0.39, 0.29) is 5.56 Å². The maximum atomic E-state index is 11.3. The maximum absolute atomic E-state index is 11.3. The Morgan fingerprint density at radius 1 is 1.00 bits per heavy atom. The zero-order valence-corrected chi connectivity index (χ0v) is 10.8. The fourth-order valence-corrected chi connectivity index (χ4v) is 2.43. The first-order valence-corrected chi connectivity index (χ1v) is 6.49. The van der Waals surface area contributed by atoms with Crippen LogP contribution in [0.1, 0.15) is 12.5 Å². The van der Waals surface area contributed by atoms with Crippen molar-refractivity contribution < 1.29 is 0 Å². The van der Waals surface area contributed by atoms with Crippen LogP contribution in [0.2, 0.25) is 0 Å². The van der Waals surface area contributed by atoms with Crippen molar-refractivity contribution in [3.8, 4) is 11.1 Å². The molecule has 0 fully saturated rings. The normalized spacial score (nSPS) is 10.8. The molecule has 3 rings (SSSR count). The van der Waals surface area contributed by atoms with Gasteiger partial charge in [-0.25, -0.2) is 0 Å². The first-order chi connectivity index (χ1) is 9.28. The Balaban J connectivity index is 2.20. The summed E-state index contributed by atoms with van der Waals surface area (Å²) in [7, 11) is 0. The number of aryl methyl sites for hydroxylation is 1. The van der Waals surface area contributed by atoms with E-state index in [1.54, 1.807) is 6.07 Å². The summed E-state index contributed by atoms with van der Waals surface area (Å²) in [5, 5.41) is 1.06. The molecule has 0 unspecified atom stereocenters. The quantitative estimate of drug-likeness (QED) is 0.737. The summed E-state index contributed by atoms with van der Waals surface area (Å²) in [6, 6.07) is 18.0. The van der Waals surface area contributed by atoms with E-state index in [9.17, 15) is 4.79 Å². The highest BCUT2D eigenvalue weighted by Gasteiger charge is 2.04. The molecule has 0 radical (unpaired) electrons. The Labute approximate surface area is 111 Å². The van der Waals surface area contributed by atoms with E-state index in [2.05, 4.69) is 48.3 Å². The van der Waals surface area contributed by atoms with Gasteiger partial charge in [-0.05, 0) is 46.7 Å². The SMILES string of the molecule is CCc1ccccc1-c1ccc2[nH]c(=O)ccc2c1. The van der Waals surface area contributed by atoms with Crippen LogP contribution in [0.5, 0.6) is 0 Å². The number of fused-ring (bicyclic) bond motifs is 1. The fraction of sp³-hybridized carbons (Fsp3) is 0.118. The Hall–Kier alpha value is -2.35. The summed E-state index contributed by atoms with van der Waals surface area (Å²) in [4.78, 5) is 14.1. The van der Waals surface area contributed by atoms with Crippen molar-refractivity contribution in [2.45, 2.75) is 13.3 Å². The molecular weight excluding hydrogens is 234 g/mol. The van der Waals surface area contributed by atoms with Crippen LogP contribution in [-0.4, -0.2) is 4.98 Å². The monoisotopic (exact) mass is 249 g/mol. The number of hydrogen-bond donors (Lipinski definition) is 1. The summed E-state index contributed by atoms with van der Waals surface area (Å²) in [6.07, 6.45) is 1.01. The molecule has 2 heteroatoms. The molecule has 0 aliphatic rings. The minimum absolute atomic E-state index is 0.0609.